The lowest BCUT2D eigenvalue weighted by Gasteiger charge is -2.26. The summed E-state index contributed by atoms with van der Waals surface area (Å²) in [6.07, 6.45) is 7.02. The van der Waals surface area contributed by atoms with E-state index in [2.05, 4.69) is 30.8 Å². The molecule has 1 saturated carbocycles. The van der Waals surface area contributed by atoms with E-state index in [9.17, 15) is 9.59 Å². The van der Waals surface area contributed by atoms with E-state index in [0.29, 0.717) is 47.8 Å². The second-order valence-electron chi connectivity index (χ2n) is 10.1. The highest BCUT2D eigenvalue weighted by Gasteiger charge is 2.25. The van der Waals surface area contributed by atoms with Gasteiger partial charge in [-0.25, -0.2) is 9.83 Å². The molecule has 0 saturated heterocycles. The highest BCUT2D eigenvalue weighted by molar-refractivity contribution is 6.04. The molecule has 0 aliphatic heterocycles. The molecule has 2 heterocycles. The Labute approximate surface area is 226 Å². The molecule has 5 N–H and O–H groups in total. The van der Waals surface area contributed by atoms with Crippen molar-refractivity contribution >= 4 is 34.9 Å². The summed E-state index contributed by atoms with van der Waals surface area (Å²) in [7, 11) is 3.08. The number of hydrogen-bond acceptors (Lipinski definition) is 8. The van der Waals surface area contributed by atoms with Crippen LogP contribution in [0.4, 0.5) is 17.5 Å². The molecule has 4 rings (SSSR count). The normalized spacial score (nSPS) is 13.5. The summed E-state index contributed by atoms with van der Waals surface area (Å²) in [6.45, 7) is 12.0. The summed E-state index contributed by atoms with van der Waals surface area (Å²) < 4.78 is 12.3. The third kappa shape index (κ3) is 6.56. The smallest absolute Gasteiger partial charge is 0.256 e. The summed E-state index contributed by atoms with van der Waals surface area (Å²) in [5, 5.41) is 9.32. The van der Waals surface area contributed by atoms with E-state index in [4.69, 9.17) is 21.8 Å². The number of nitrogens with zero attached hydrogens (tertiary/aromatic N) is 4. The van der Waals surface area contributed by atoms with E-state index in [0.717, 1.165) is 12.8 Å². The average Bonchev–Trinajstić information content (AvgIpc) is 3.61. The number of carbonyl (C=O) groups excluding carboxylic acids is 2. The molecule has 2 aromatic heterocycles. The minimum absolute atomic E-state index is 0.119. The summed E-state index contributed by atoms with van der Waals surface area (Å²) in [4.78, 5) is 37.3. The lowest BCUT2D eigenvalue weighted by Crippen LogP contribution is -2.38. The number of methoxy groups -OCH3 is 2. The third-order valence-corrected chi connectivity index (χ3v) is 6.23. The first-order valence-electron chi connectivity index (χ1n) is 12.4. The topological polar surface area (TPSA) is 149 Å². The van der Waals surface area contributed by atoms with Gasteiger partial charge < -0.3 is 31.2 Å². The van der Waals surface area contributed by atoms with Crippen molar-refractivity contribution in [3.8, 4) is 11.5 Å². The molecule has 1 aromatic carbocycles. The predicted molar refractivity (Wildman–Crippen MR) is 147 cm³/mol. The second kappa shape index (κ2) is 11.3. The number of nitrogens with one attached hydrogen (secondary N) is 3. The van der Waals surface area contributed by atoms with Crippen LogP contribution in [0.5, 0.6) is 11.5 Å². The summed E-state index contributed by atoms with van der Waals surface area (Å²) in [5.74, 6) is 0.996. The SMILES string of the molecule is [C-]#[N+]C(=CC1CC1)C(=O)NCC(C)(C)CNc1nc(Nc2cc(OC)cc(OC)c2)c(C(N)=O)c2nccn12. The Morgan fingerprint density at radius 3 is 2.49 bits per heavy atom. The van der Waals surface area contributed by atoms with Crippen LogP contribution >= 0.6 is 0 Å². The zero-order valence-corrected chi connectivity index (χ0v) is 22.4. The maximum Gasteiger partial charge on any atom is 0.256 e. The molecule has 0 atom stereocenters. The van der Waals surface area contributed by atoms with Crippen LogP contribution in [-0.2, 0) is 4.79 Å². The van der Waals surface area contributed by atoms with Gasteiger partial charge in [0.1, 0.15) is 17.1 Å². The van der Waals surface area contributed by atoms with Crippen molar-refractivity contribution in [2.45, 2.75) is 26.7 Å². The Hall–Kier alpha value is -4.79. The Morgan fingerprint density at radius 2 is 1.90 bits per heavy atom. The molecule has 0 bridgehead atoms. The second-order valence-corrected chi connectivity index (χ2v) is 10.1. The molecule has 2 amide bonds. The quantitative estimate of drug-likeness (QED) is 0.205. The van der Waals surface area contributed by atoms with Gasteiger partial charge in [0, 0.05) is 49.4 Å². The van der Waals surface area contributed by atoms with Crippen LogP contribution in [0, 0.1) is 17.9 Å². The molecule has 12 heteroatoms. The molecule has 1 aliphatic carbocycles. The van der Waals surface area contributed by atoms with Gasteiger partial charge in [-0.1, -0.05) is 19.9 Å². The number of hydrogen-bond donors (Lipinski definition) is 4. The van der Waals surface area contributed by atoms with E-state index in [1.807, 2.05) is 13.8 Å². The standard InChI is InChI=1S/C27H32N8O4/c1-27(2,14-31-25(37)20(29-3)10-16-6-7-16)15-32-26-34-23(21(22(28)36)24-30-8-9-35(24)26)33-17-11-18(38-4)13-19(12-17)39-5/h8-13,16,33H,6-7,14-15H2,1-2,4-5H3,(H2,28,36)(H,31,37)(H,32,34). The maximum absolute atomic E-state index is 12.5. The molecule has 204 valence electrons. The van der Waals surface area contributed by atoms with Gasteiger partial charge in [-0.05, 0) is 24.2 Å². The van der Waals surface area contributed by atoms with Crippen LogP contribution < -0.4 is 31.2 Å². The first-order chi connectivity index (χ1) is 18.6. The maximum atomic E-state index is 12.5. The third-order valence-electron chi connectivity index (χ3n) is 6.23. The first-order valence-corrected chi connectivity index (χ1v) is 12.4. The highest BCUT2D eigenvalue weighted by Crippen LogP contribution is 2.32. The Kier molecular flexibility index (Phi) is 7.90. The largest absolute Gasteiger partial charge is 0.497 e. The number of nitrogens with two attached hydrogens (primary N) is 1. The molecule has 1 aliphatic rings. The van der Waals surface area contributed by atoms with E-state index >= 15 is 0 Å². The number of rotatable bonds is 12. The van der Waals surface area contributed by atoms with Gasteiger partial charge in [0.2, 0.25) is 17.6 Å². The lowest BCUT2D eigenvalue weighted by molar-refractivity contribution is -0.117. The van der Waals surface area contributed by atoms with Gasteiger partial charge in [0.25, 0.3) is 5.91 Å². The van der Waals surface area contributed by atoms with Gasteiger partial charge >= 0.3 is 0 Å². The summed E-state index contributed by atoms with van der Waals surface area (Å²) >= 11 is 0. The summed E-state index contributed by atoms with van der Waals surface area (Å²) in [6, 6.07) is 5.19. The number of carbonyl (C=O) groups is 2. The van der Waals surface area contributed by atoms with Crippen molar-refractivity contribution in [1.29, 1.82) is 0 Å². The molecular formula is C27H32N8O4. The molecule has 1 fully saturated rings. The monoisotopic (exact) mass is 532 g/mol. The van der Waals surface area contributed by atoms with Crippen LogP contribution in [0.3, 0.4) is 0 Å². The molecule has 0 radical (unpaired) electrons. The molecule has 39 heavy (non-hydrogen) atoms. The zero-order valence-electron chi connectivity index (χ0n) is 22.4. The van der Waals surface area contributed by atoms with E-state index < -0.39 is 11.3 Å². The number of primary amides is 1. The van der Waals surface area contributed by atoms with Crippen molar-refractivity contribution < 1.29 is 19.1 Å². The fourth-order valence-electron chi connectivity index (χ4n) is 3.88. The number of anilines is 3. The fraction of sp³-hybridized carbons (Fsp3) is 0.370. The van der Waals surface area contributed by atoms with E-state index in [1.165, 1.54) is 0 Å². The number of ether oxygens (including phenoxy) is 2. The van der Waals surface area contributed by atoms with Crippen LogP contribution in [0.2, 0.25) is 0 Å². The van der Waals surface area contributed by atoms with Crippen molar-refractivity contribution in [3.63, 3.8) is 0 Å². The molecule has 0 unspecified atom stereocenters. The van der Waals surface area contributed by atoms with Gasteiger partial charge in [-0.15, -0.1) is 0 Å². The van der Waals surface area contributed by atoms with Gasteiger partial charge in [0.15, 0.2) is 11.5 Å². The van der Waals surface area contributed by atoms with Crippen molar-refractivity contribution in [3.05, 3.63) is 59.3 Å². The fourth-order valence-corrected chi connectivity index (χ4v) is 3.88. The molecule has 0 spiro atoms. The minimum atomic E-state index is -0.694. The van der Waals surface area contributed by atoms with Crippen LogP contribution in [0.15, 0.2) is 42.4 Å². The van der Waals surface area contributed by atoms with Gasteiger partial charge in [-0.3, -0.25) is 14.0 Å². The Morgan fingerprint density at radius 1 is 1.21 bits per heavy atom. The van der Waals surface area contributed by atoms with Crippen molar-refractivity contribution in [2.24, 2.45) is 17.1 Å². The van der Waals surface area contributed by atoms with Crippen molar-refractivity contribution in [2.75, 3.05) is 37.9 Å². The first kappa shape index (κ1) is 27.3. The summed E-state index contributed by atoms with van der Waals surface area (Å²) in [5.41, 5.74) is 6.47. The van der Waals surface area contributed by atoms with Gasteiger partial charge in [0.05, 0.1) is 20.8 Å². The molecule has 3 aromatic rings. The zero-order chi connectivity index (χ0) is 28.2. The molecule has 12 nitrogen and oxygen atoms in total. The number of fused-ring (bicyclic) bond motifs is 1. The predicted octanol–water partition coefficient (Wildman–Crippen LogP) is 3.36. The average molecular weight is 533 g/mol. The molecular weight excluding hydrogens is 500 g/mol. The number of benzene rings is 1. The Balaban J connectivity index is 1.56. The number of imidazole rings is 1. The highest BCUT2D eigenvalue weighted by atomic mass is 16.5. The van der Waals surface area contributed by atoms with Crippen LogP contribution in [0.1, 0.15) is 37.0 Å². The van der Waals surface area contributed by atoms with Crippen LogP contribution in [-0.4, -0.2) is 53.5 Å². The lowest BCUT2D eigenvalue weighted by atomic mass is 9.93. The van der Waals surface area contributed by atoms with Crippen LogP contribution in [0.25, 0.3) is 10.5 Å². The van der Waals surface area contributed by atoms with E-state index in [-0.39, 0.29) is 23.0 Å². The Bertz CT molecular complexity index is 1440. The van der Waals surface area contributed by atoms with Gasteiger partial charge in [-0.2, -0.15) is 4.98 Å². The number of allylic oxidation sites excluding steroid dienone is 1. The number of amides is 2. The minimum Gasteiger partial charge on any atom is -0.497 e. The number of aromatic nitrogens is 3. The van der Waals surface area contributed by atoms with Crippen molar-refractivity contribution in [1.82, 2.24) is 19.7 Å². The van der Waals surface area contributed by atoms with E-state index in [1.54, 1.807) is 55.3 Å².